The summed E-state index contributed by atoms with van der Waals surface area (Å²) in [6, 6.07) is 5.44. The Hall–Kier alpha value is -0.785. The third-order valence-electron chi connectivity index (χ3n) is 5.17. The van der Waals surface area contributed by atoms with E-state index in [4.69, 9.17) is 20.9 Å². The first kappa shape index (κ1) is 20.5. The van der Waals surface area contributed by atoms with E-state index in [1.807, 2.05) is 33.8 Å². The number of rotatable bonds is 3. The molecule has 0 bridgehead atoms. The van der Waals surface area contributed by atoms with Gasteiger partial charge in [0, 0.05) is 28.6 Å². The average molecular weight is 387 g/mol. The molecule has 2 aliphatic heterocycles. The van der Waals surface area contributed by atoms with Gasteiger partial charge in [-0.1, -0.05) is 17.7 Å². The summed E-state index contributed by atoms with van der Waals surface area (Å²) < 4.78 is 12.0. The fourth-order valence-electron chi connectivity index (χ4n) is 2.88. The summed E-state index contributed by atoms with van der Waals surface area (Å²) in [4.78, 5) is 12.3. The number of benzene rings is 1. The highest BCUT2D eigenvalue weighted by Crippen LogP contribution is 2.37. The third kappa shape index (κ3) is 4.14. The fourth-order valence-corrected chi connectivity index (χ4v) is 3.15. The lowest BCUT2D eigenvalue weighted by atomic mass is 9.78. The van der Waals surface area contributed by atoms with E-state index in [1.165, 1.54) is 0 Å². The van der Waals surface area contributed by atoms with Crippen LogP contribution >= 0.6 is 24.0 Å². The number of carbonyl (C=O) groups excluding carboxylic acids is 1. The van der Waals surface area contributed by atoms with Crippen LogP contribution in [0.4, 0.5) is 0 Å². The topological polar surface area (TPSA) is 59.6 Å². The van der Waals surface area contributed by atoms with Crippen molar-refractivity contribution in [2.24, 2.45) is 0 Å². The molecule has 2 N–H and O–H groups in total. The number of carbonyl (C=O) groups is 1. The zero-order valence-electron chi connectivity index (χ0n) is 15.0. The highest BCUT2D eigenvalue weighted by Gasteiger charge is 2.52. The van der Waals surface area contributed by atoms with Crippen molar-refractivity contribution in [3.05, 3.63) is 28.8 Å². The highest BCUT2D eigenvalue weighted by atomic mass is 35.5. The molecule has 2 fully saturated rings. The predicted molar refractivity (Wildman–Crippen MR) is 103 cm³/mol. The van der Waals surface area contributed by atoms with Gasteiger partial charge < -0.3 is 19.9 Å². The molecular formula is C17H25BCl2N2O3. The Kier molecular flexibility index (Phi) is 6.12. The van der Waals surface area contributed by atoms with Gasteiger partial charge in [-0.2, -0.15) is 0 Å². The molecule has 1 aromatic carbocycles. The van der Waals surface area contributed by atoms with Gasteiger partial charge >= 0.3 is 7.12 Å². The zero-order chi connectivity index (χ0) is 17.5. The Morgan fingerprint density at radius 3 is 2.44 bits per heavy atom. The van der Waals surface area contributed by atoms with Crippen molar-refractivity contribution in [2.75, 3.05) is 13.1 Å². The van der Waals surface area contributed by atoms with Gasteiger partial charge in [-0.15, -0.1) is 12.4 Å². The molecule has 0 aromatic heterocycles. The summed E-state index contributed by atoms with van der Waals surface area (Å²) in [5.74, 6) is -0.105. The molecule has 1 amide bonds. The van der Waals surface area contributed by atoms with E-state index in [9.17, 15) is 4.79 Å². The second-order valence-corrected chi connectivity index (χ2v) is 7.89. The van der Waals surface area contributed by atoms with E-state index in [0.717, 1.165) is 25.0 Å². The molecule has 5 nitrogen and oxygen atoms in total. The van der Waals surface area contributed by atoms with Crippen molar-refractivity contribution in [2.45, 2.75) is 51.4 Å². The van der Waals surface area contributed by atoms with E-state index < -0.39 is 18.3 Å². The van der Waals surface area contributed by atoms with Gasteiger partial charge in [0.2, 0.25) is 0 Å². The van der Waals surface area contributed by atoms with E-state index in [1.54, 1.807) is 12.1 Å². The van der Waals surface area contributed by atoms with Crippen molar-refractivity contribution in [3.63, 3.8) is 0 Å². The van der Waals surface area contributed by atoms with Gasteiger partial charge in [0.05, 0.1) is 11.2 Å². The van der Waals surface area contributed by atoms with Crippen LogP contribution < -0.4 is 16.1 Å². The maximum atomic E-state index is 12.3. The first-order chi connectivity index (χ1) is 11.2. The van der Waals surface area contributed by atoms with Crippen LogP contribution in [0.25, 0.3) is 0 Å². The fraction of sp³-hybridized carbons (Fsp3) is 0.588. The Morgan fingerprint density at radius 2 is 1.92 bits per heavy atom. The van der Waals surface area contributed by atoms with Gasteiger partial charge in [0.25, 0.3) is 5.91 Å². The standard InChI is InChI=1S/C17H24BClN2O3.ClH/c1-16(2)17(3,4)24-18(23-16)13-6-5-11(9-14(13)19)15(22)21-12-7-8-20-10-12;/h5-6,9,12,20H,7-8,10H2,1-4H3,(H,21,22);1H. The molecule has 1 atom stereocenters. The smallest absolute Gasteiger partial charge is 0.399 e. The Bertz CT molecular complexity index is 633. The minimum atomic E-state index is -0.529. The van der Waals surface area contributed by atoms with Crippen molar-refractivity contribution in [1.82, 2.24) is 10.6 Å². The summed E-state index contributed by atoms with van der Waals surface area (Å²) in [5, 5.41) is 6.72. The Labute approximate surface area is 160 Å². The summed E-state index contributed by atoms with van der Waals surface area (Å²) >= 11 is 6.40. The SMILES string of the molecule is CC1(C)OB(c2ccc(C(=O)NC3CCNC3)cc2Cl)OC1(C)C.Cl. The van der Waals surface area contributed by atoms with Crippen LogP contribution in [-0.2, 0) is 9.31 Å². The van der Waals surface area contributed by atoms with E-state index >= 15 is 0 Å². The molecule has 8 heteroatoms. The van der Waals surface area contributed by atoms with Crippen LogP contribution in [-0.4, -0.2) is 43.4 Å². The molecule has 2 saturated heterocycles. The number of hydrogen-bond acceptors (Lipinski definition) is 4. The van der Waals surface area contributed by atoms with Gasteiger partial charge in [0.1, 0.15) is 0 Å². The van der Waals surface area contributed by atoms with Gasteiger partial charge in [-0.25, -0.2) is 0 Å². The van der Waals surface area contributed by atoms with Gasteiger partial charge in [0.15, 0.2) is 0 Å². The minimum absolute atomic E-state index is 0. The zero-order valence-corrected chi connectivity index (χ0v) is 16.6. The monoisotopic (exact) mass is 386 g/mol. The Balaban J connectivity index is 0.00000225. The van der Waals surface area contributed by atoms with Gasteiger partial charge in [-0.3, -0.25) is 4.79 Å². The molecule has 0 aliphatic carbocycles. The van der Waals surface area contributed by atoms with E-state index in [0.29, 0.717) is 10.6 Å². The quantitative estimate of drug-likeness (QED) is 0.781. The average Bonchev–Trinajstić information content (AvgIpc) is 3.05. The molecule has 25 heavy (non-hydrogen) atoms. The third-order valence-corrected chi connectivity index (χ3v) is 5.49. The second-order valence-electron chi connectivity index (χ2n) is 7.49. The number of amides is 1. The van der Waals surface area contributed by atoms with Crippen molar-refractivity contribution < 1.29 is 14.1 Å². The van der Waals surface area contributed by atoms with Crippen LogP contribution in [0.1, 0.15) is 44.5 Å². The summed E-state index contributed by atoms with van der Waals surface area (Å²) in [5.41, 5.74) is 0.445. The summed E-state index contributed by atoms with van der Waals surface area (Å²) in [6.07, 6.45) is 0.950. The normalized spacial score (nSPS) is 24.0. The van der Waals surface area contributed by atoms with Crippen molar-refractivity contribution in [1.29, 1.82) is 0 Å². The highest BCUT2D eigenvalue weighted by molar-refractivity contribution is 6.65. The Morgan fingerprint density at radius 1 is 1.28 bits per heavy atom. The summed E-state index contributed by atoms with van der Waals surface area (Å²) in [6.45, 7) is 9.74. The van der Waals surface area contributed by atoms with Crippen LogP contribution in [0.15, 0.2) is 18.2 Å². The first-order valence-corrected chi connectivity index (χ1v) is 8.74. The molecule has 2 aliphatic rings. The molecule has 0 spiro atoms. The molecule has 0 saturated carbocycles. The van der Waals surface area contributed by atoms with E-state index in [-0.39, 0.29) is 24.4 Å². The lowest BCUT2D eigenvalue weighted by Gasteiger charge is -2.32. The molecule has 138 valence electrons. The van der Waals surface area contributed by atoms with Crippen LogP contribution in [0.5, 0.6) is 0 Å². The van der Waals surface area contributed by atoms with Crippen LogP contribution in [0, 0.1) is 0 Å². The minimum Gasteiger partial charge on any atom is -0.399 e. The lowest BCUT2D eigenvalue weighted by molar-refractivity contribution is 0.00578. The van der Waals surface area contributed by atoms with E-state index in [2.05, 4.69) is 10.6 Å². The maximum Gasteiger partial charge on any atom is 0.496 e. The van der Waals surface area contributed by atoms with Gasteiger partial charge in [-0.05, 0) is 52.8 Å². The van der Waals surface area contributed by atoms with Crippen molar-refractivity contribution >= 4 is 42.5 Å². The largest absolute Gasteiger partial charge is 0.496 e. The first-order valence-electron chi connectivity index (χ1n) is 8.36. The maximum absolute atomic E-state index is 12.3. The molecule has 1 aromatic rings. The predicted octanol–water partition coefficient (Wildman–Crippen LogP) is 2.15. The molecule has 1 unspecified atom stereocenters. The molecule has 2 heterocycles. The second kappa shape index (κ2) is 7.45. The number of nitrogens with one attached hydrogen (secondary N) is 2. The summed E-state index contributed by atoms with van der Waals surface area (Å²) in [7, 11) is -0.529. The van der Waals surface area contributed by atoms with Crippen molar-refractivity contribution in [3.8, 4) is 0 Å². The molecule has 0 radical (unpaired) electrons. The lowest BCUT2D eigenvalue weighted by Crippen LogP contribution is -2.41. The molecule has 3 rings (SSSR count). The number of hydrogen-bond donors (Lipinski definition) is 2. The van der Waals surface area contributed by atoms with Crippen LogP contribution in [0.2, 0.25) is 5.02 Å². The number of halogens is 2. The molecular weight excluding hydrogens is 362 g/mol. The van der Waals surface area contributed by atoms with Crippen LogP contribution in [0.3, 0.4) is 0 Å².